The van der Waals surface area contributed by atoms with Crippen LogP contribution in [0.4, 0.5) is 0 Å². The van der Waals surface area contributed by atoms with Gasteiger partial charge in [0.2, 0.25) is 0 Å². The van der Waals surface area contributed by atoms with Crippen molar-refractivity contribution in [3.63, 3.8) is 0 Å². The molecule has 0 atom stereocenters. The maximum Gasteiger partial charge on any atom is 0.272 e. The van der Waals surface area contributed by atoms with Crippen LogP contribution in [-0.4, -0.2) is 47.9 Å². The monoisotopic (exact) mass is 363 g/mol. The normalized spacial score (nSPS) is 28.0. The van der Waals surface area contributed by atoms with Gasteiger partial charge in [0.15, 0.2) is 0 Å². The van der Waals surface area contributed by atoms with Gasteiger partial charge >= 0.3 is 0 Å². The van der Waals surface area contributed by atoms with E-state index in [9.17, 15) is 4.79 Å². The van der Waals surface area contributed by atoms with Crippen molar-refractivity contribution in [2.24, 2.45) is 5.41 Å². The van der Waals surface area contributed by atoms with E-state index in [1.165, 1.54) is 18.4 Å². The second kappa shape index (κ2) is 7.08. The van der Waals surface area contributed by atoms with Gasteiger partial charge in [0.05, 0.1) is 0 Å². The SMILES string of the molecule is CN(C)C1(c2ccccc2)CCC2(CCN(C(=O)c3ccccn3)C2)CC1. The first-order valence-corrected chi connectivity index (χ1v) is 9.98. The fourth-order valence-corrected chi connectivity index (χ4v) is 5.10. The van der Waals surface area contributed by atoms with Crippen molar-refractivity contribution < 1.29 is 4.79 Å². The number of rotatable bonds is 3. The summed E-state index contributed by atoms with van der Waals surface area (Å²) in [5.41, 5.74) is 2.38. The molecule has 27 heavy (non-hydrogen) atoms. The lowest BCUT2D eigenvalue weighted by atomic mass is 9.64. The first kappa shape index (κ1) is 18.2. The van der Waals surface area contributed by atoms with Crippen LogP contribution in [0, 0.1) is 5.41 Å². The third kappa shape index (κ3) is 3.27. The predicted octanol–water partition coefficient (Wildman–Crippen LogP) is 3.95. The second-order valence-corrected chi connectivity index (χ2v) is 8.48. The zero-order valence-electron chi connectivity index (χ0n) is 16.4. The van der Waals surface area contributed by atoms with Gasteiger partial charge in [0.1, 0.15) is 5.69 Å². The van der Waals surface area contributed by atoms with Gasteiger partial charge in [-0.25, -0.2) is 0 Å². The Morgan fingerprint density at radius 1 is 0.963 bits per heavy atom. The molecule has 1 spiro atoms. The van der Waals surface area contributed by atoms with E-state index in [0.717, 1.165) is 32.4 Å². The molecule has 4 rings (SSSR count). The number of benzene rings is 1. The van der Waals surface area contributed by atoms with Gasteiger partial charge in [-0.2, -0.15) is 0 Å². The summed E-state index contributed by atoms with van der Waals surface area (Å²) in [6.45, 7) is 1.73. The summed E-state index contributed by atoms with van der Waals surface area (Å²) < 4.78 is 0. The van der Waals surface area contributed by atoms with Gasteiger partial charge in [0.25, 0.3) is 5.91 Å². The molecule has 0 bridgehead atoms. The lowest BCUT2D eigenvalue weighted by Gasteiger charge is -2.49. The van der Waals surface area contributed by atoms with E-state index < -0.39 is 0 Å². The van der Waals surface area contributed by atoms with Crippen LogP contribution in [0.15, 0.2) is 54.7 Å². The Morgan fingerprint density at radius 3 is 2.30 bits per heavy atom. The zero-order chi connectivity index (χ0) is 18.9. The fraction of sp³-hybridized carbons (Fsp3) is 0.478. The van der Waals surface area contributed by atoms with Crippen molar-refractivity contribution >= 4 is 5.91 Å². The molecule has 142 valence electrons. The van der Waals surface area contributed by atoms with E-state index in [1.807, 2.05) is 23.1 Å². The van der Waals surface area contributed by atoms with Crippen molar-refractivity contribution in [2.75, 3.05) is 27.2 Å². The minimum absolute atomic E-state index is 0.0833. The standard InChI is InChI=1S/C23H29N3O/c1-25(2)23(19-8-4-3-5-9-19)13-11-22(12-14-23)15-17-26(18-22)21(27)20-10-6-7-16-24-20/h3-10,16H,11-15,17-18H2,1-2H3. The Hall–Kier alpha value is -2.20. The largest absolute Gasteiger partial charge is 0.337 e. The molecule has 2 heterocycles. The molecule has 1 saturated heterocycles. The van der Waals surface area contributed by atoms with Crippen LogP contribution in [0.2, 0.25) is 0 Å². The Labute approximate surface area is 162 Å². The molecule has 1 amide bonds. The molecule has 4 nitrogen and oxygen atoms in total. The second-order valence-electron chi connectivity index (χ2n) is 8.48. The maximum atomic E-state index is 12.8. The minimum Gasteiger partial charge on any atom is -0.337 e. The number of amides is 1. The highest BCUT2D eigenvalue weighted by Gasteiger charge is 2.48. The molecule has 2 fully saturated rings. The van der Waals surface area contributed by atoms with Crippen molar-refractivity contribution in [1.29, 1.82) is 0 Å². The van der Waals surface area contributed by atoms with Gasteiger partial charge < -0.3 is 4.90 Å². The number of carbonyl (C=O) groups is 1. The first-order valence-electron chi connectivity index (χ1n) is 9.98. The van der Waals surface area contributed by atoms with E-state index in [0.29, 0.717) is 5.69 Å². The summed E-state index contributed by atoms with van der Waals surface area (Å²) in [6, 6.07) is 16.5. The Bertz CT molecular complexity index is 780. The summed E-state index contributed by atoms with van der Waals surface area (Å²) in [5, 5.41) is 0. The maximum absolute atomic E-state index is 12.8. The van der Waals surface area contributed by atoms with Crippen LogP contribution in [-0.2, 0) is 5.54 Å². The molecule has 0 radical (unpaired) electrons. The third-order valence-electron chi connectivity index (χ3n) is 6.91. The molecular formula is C23H29N3O. The molecule has 1 aromatic heterocycles. The number of aromatic nitrogens is 1. The van der Waals surface area contributed by atoms with E-state index in [-0.39, 0.29) is 16.9 Å². The molecule has 1 aliphatic heterocycles. The molecule has 2 aliphatic rings. The van der Waals surface area contributed by atoms with Gasteiger partial charge in [0, 0.05) is 24.8 Å². The number of carbonyl (C=O) groups excluding carboxylic acids is 1. The van der Waals surface area contributed by atoms with Gasteiger partial charge in [-0.05, 0) is 69.3 Å². The molecule has 4 heteroatoms. The number of hydrogen-bond acceptors (Lipinski definition) is 3. The molecule has 0 unspecified atom stereocenters. The third-order valence-corrected chi connectivity index (χ3v) is 6.91. The Kier molecular flexibility index (Phi) is 4.77. The molecule has 1 saturated carbocycles. The number of pyridine rings is 1. The highest BCUT2D eigenvalue weighted by atomic mass is 16.2. The van der Waals surface area contributed by atoms with Crippen LogP contribution >= 0.6 is 0 Å². The predicted molar refractivity (Wildman–Crippen MR) is 107 cm³/mol. The summed E-state index contributed by atoms with van der Waals surface area (Å²) in [5.74, 6) is 0.0833. The summed E-state index contributed by atoms with van der Waals surface area (Å²) in [4.78, 5) is 21.5. The van der Waals surface area contributed by atoms with Crippen molar-refractivity contribution in [2.45, 2.75) is 37.6 Å². The average molecular weight is 364 g/mol. The topological polar surface area (TPSA) is 36.4 Å². The molecule has 0 N–H and O–H groups in total. The van der Waals surface area contributed by atoms with E-state index >= 15 is 0 Å². The summed E-state index contributed by atoms with van der Waals surface area (Å²) >= 11 is 0. The molecule has 2 aromatic rings. The van der Waals surface area contributed by atoms with Crippen LogP contribution in [0.25, 0.3) is 0 Å². The Morgan fingerprint density at radius 2 is 1.67 bits per heavy atom. The smallest absolute Gasteiger partial charge is 0.272 e. The van der Waals surface area contributed by atoms with Crippen LogP contribution in [0.3, 0.4) is 0 Å². The number of hydrogen-bond donors (Lipinski definition) is 0. The van der Waals surface area contributed by atoms with Gasteiger partial charge in [-0.1, -0.05) is 36.4 Å². The highest BCUT2D eigenvalue weighted by Crippen LogP contribution is 2.51. The fourth-order valence-electron chi connectivity index (χ4n) is 5.10. The summed E-state index contributed by atoms with van der Waals surface area (Å²) in [6.07, 6.45) is 7.46. The lowest BCUT2D eigenvalue weighted by Crippen LogP contribution is -2.47. The minimum atomic E-state index is 0.0833. The average Bonchev–Trinajstić information content (AvgIpc) is 3.13. The Balaban J connectivity index is 1.48. The first-order chi connectivity index (χ1) is 13.0. The van der Waals surface area contributed by atoms with E-state index in [1.54, 1.807) is 6.20 Å². The zero-order valence-corrected chi connectivity index (χ0v) is 16.4. The van der Waals surface area contributed by atoms with Crippen molar-refractivity contribution in [1.82, 2.24) is 14.8 Å². The van der Waals surface area contributed by atoms with Crippen LogP contribution in [0.5, 0.6) is 0 Å². The molecule has 1 aliphatic carbocycles. The lowest BCUT2D eigenvalue weighted by molar-refractivity contribution is 0.0369. The van der Waals surface area contributed by atoms with E-state index in [2.05, 4.69) is 54.3 Å². The van der Waals surface area contributed by atoms with Crippen molar-refractivity contribution in [3.05, 3.63) is 66.0 Å². The summed E-state index contributed by atoms with van der Waals surface area (Å²) in [7, 11) is 4.41. The van der Waals surface area contributed by atoms with E-state index in [4.69, 9.17) is 0 Å². The molecular weight excluding hydrogens is 334 g/mol. The van der Waals surface area contributed by atoms with Gasteiger partial charge in [-0.3, -0.25) is 14.7 Å². The van der Waals surface area contributed by atoms with Gasteiger partial charge in [-0.15, -0.1) is 0 Å². The van der Waals surface area contributed by atoms with Crippen molar-refractivity contribution in [3.8, 4) is 0 Å². The van der Waals surface area contributed by atoms with Crippen LogP contribution < -0.4 is 0 Å². The number of likely N-dealkylation sites (tertiary alicyclic amines) is 1. The number of nitrogens with zero attached hydrogens (tertiary/aromatic N) is 3. The highest BCUT2D eigenvalue weighted by molar-refractivity contribution is 5.92. The van der Waals surface area contributed by atoms with Crippen LogP contribution in [0.1, 0.15) is 48.2 Å². The quantitative estimate of drug-likeness (QED) is 0.829. The molecule has 1 aromatic carbocycles.